The molecule has 6 heteroatoms. The number of amides is 1. The first-order chi connectivity index (χ1) is 18.0. The van der Waals surface area contributed by atoms with Gasteiger partial charge in [0.2, 0.25) is 5.91 Å². The Bertz CT molecular complexity index is 1340. The van der Waals surface area contributed by atoms with Crippen molar-refractivity contribution in [2.75, 3.05) is 20.2 Å². The van der Waals surface area contributed by atoms with E-state index in [9.17, 15) is 9.90 Å². The molecule has 4 bridgehead atoms. The van der Waals surface area contributed by atoms with Crippen LogP contribution in [0, 0.1) is 5.41 Å². The Kier molecular flexibility index (Phi) is 4.96. The minimum Gasteiger partial charge on any atom is -0.493 e. The van der Waals surface area contributed by atoms with Crippen molar-refractivity contribution in [3.63, 3.8) is 0 Å². The van der Waals surface area contributed by atoms with Gasteiger partial charge < -0.3 is 19.9 Å². The van der Waals surface area contributed by atoms with Crippen molar-refractivity contribution in [2.45, 2.75) is 62.3 Å². The second kappa shape index (κ2) is 7.95. The van der Waals surface area contributed by atoms with Crippen molar-refractivity contribution >= 4 is 5.91 Å². The maximum Gasteiger partial charge on any atom is 0.250 e. The summed E-state index contributed by atoms with van der Waals surface area (Å²) in [6.07, 6.45) is 9.16. The van der Waals surface area contributed by atoms with E-state index < -0.39 is 11.7 Å². The molecule has 37 heavy (non-hydrogen) atoms. The topological polar surface area (TPSA) is 71.0 Å². The molecule has 6 nitrogen and oxygen atoms in total. The van der Waals surface area contributed by atoms with Gasteiger partial charge in [-0.1, -0.05) is 54.6 Å². The average Bonchev–Trinajstić information content (AvgIpc) is 3.29. The molecule has 2 heterocycles. The highest BCUT2D eigenvalue weighted by atomic mass is 16.5. The van der Waals surface area contributed by atoms with E-state index in [4.69, 9.17) is 9.47 Å². The normalized spacial score (nSPS) is 34.6. The van der Waals surface area contributed by atoms with Gasteiger partial charge in [0.15, 0.2) is 11.5 Å². The van der Waals surface area contributed by atoms with E-state index in [0.717, 1.165) is 43.7 Å². The molecule has 6 aliphatic rings. The van der Waals surface area contributed by atoms with Crippen LogP contribution in [0.4, 0.5) is 0 Å². The lowest BCUT2D eigenvalue weighted by Gasteiger charge is -2.70. The number of piperidine rings is 1. The van der Waals surface area contributed by atoms with Gasteiger partial charge in [-0.15, -0.1) is 0 Å². The van der Waals surface area contributed by atoms with Gasteiger partial charge >= 0.3 is 0 Å². The Labute approximate surface area is 218 Å². The smallest absolute Gasteiger partial charge is 0.250 e. The fraction of sp³-hybridized carbons (Fsp3) is 0.452. The number of nitrogens with zero attached hydrogens (tertiary/aromatic N) is 1. The standard InChI is InChI=1S/C31H34N2O4/c1-3-4-15-33-16-14-30-25-21-10-11-23(36-2)26(25)37-28(30)31(35)13-12-29(30,24(33)17-21)18-22(31)27(34)32-19-20-8-6-5-7-9-20/h3-11,18,24,28,35H,12-17,19H2,1-2H3,(H,32,34)/b4-3+/t24-,28-,29+,30?,31+/m1/s1. The molecule has 192 valence electrons. The summed E-state index contributed by atoms with van der Waals surface area (Å²) in [7, 11) is 1.67. The number of likely N-dealkylation sites (tertiary alicyclic amines) is 1. The fourth-order valence-corrected chi connectivity index (χ4v) is 8.45. The van der Waals surface area contributed by atoms with E-state index in [1.165, 1.54) is 11.1 Å². The highest BCUT2D eigenvalue weighted by Gasteiger charge is 2.78. The predicted octanol–water partition coefficient (Wildman–Crippen LogP) is 3.67. The van der Waals surface area contributed by atoms with Crippen LogP contribution >= 0.6 is 0 Å². The predicted molar refractivity (Wildman–Crippen MR) is 141 cm³/mol. The van der Waals surface area contributed by atoms with Gasteiger partial charge in [-0.2, -0.15) is 0 Å². The molecule has 0 aromatic heterocycles. The quantitative estimate of drug-likeness (QED) is 0.595. The Hall–Kier alpha value is -3.09. The number of benzene rings is 2. The Morgan fingerprint density at radius 2 is 2.05 bits per heavy atom. The van der Waals surface area contributed by atoms with E-state index in [2.05, 4.69) is 41.4 Å². The molecule has 5 atom stereocenters. The van der Waals surface area contributed by atoms with Crippen LogP contribution in [-0.2, 0) is 23.2 Å². The largest absolute Gasteiger partial charge is 0.493 e. The molecule has 2 fully saturated rings. The number of hydrogen-bond donors (Lipinski definition) is 2. The molecule has 2 aliphatic heterocycles. The van der Waals surface area contributed by atoms with Crippen LogP contribution in [-0.4, -0.2) is 53.9 Å². The monoisotopic (exact) mass is 498 g/mol. The van der Waals surface area contributed by atoms with Crippen molar-refractivity contribution in [1.29, 1.82) is 0 Å². The molecule has 1 saturated carbocycles. The average molecular weight is 499 g/mol. The fourth-order valence-electron chi connectivity index (χ4n) is 8.45. The number of carbonyl (C=O) groups is 1. The van der Waals surface area contributed by atoms with Crippen LogP contribution in [0.3, 0.4) is 0 Å². The van der Waals surface area contributed by atoms with Gasteiger partial charge in [0.25, 0.3) is 0 Å². The van der Waals surface area contributed by atoms with Crippen molar-refractivity contribution < 1.29 is 19.4 Å². The molecule has 0 radical (unpaired) electrons. The first-order valence-corrected chi connectivity index (χ1v) is 13.5. The second-order valence-electron chi connectivity index (χ2n) is 11.3. The molecule has 2 aromatic rings. The maximum absolute atomic E-state index is 13.8. The molecule has 8 rings (SSSR count). The van der Waals surface area contributed by atoms with Crippen molar-refractivity contribution in [2.24, 2.45) is 5.41 Å². The zero-order valence-electron chi connectivity index (χ0n) is 21.5. The summed E-state index contributed by atoms with van der Waals surface area (Å²) in [6, 6.07) is 14.3. The molecule has 2 aromatic carbocycles. The lowest BCUT2D eigenvalue weighted by atomic mass is 9.38. The van der Waals surface area contributed by atoms with E-state index in [0.29, 0.717) is 24.3 Å². The summed E-state index contributed by atoms with van der Waals surface area (Å²) in [6.45, 7) is 4.31. The first kappa shape index (κ1) is 23.1. The van der Waals surface area contributed by atoms with E-state index in [1.54, 1.807) is 7.11 Å². The summed E-state index contributed by atoms with van der Waals surface area (Å²) < 4.78 is 12.5. The van der Waals surface area contributed by atoms with Crippen LogP contribution in [0.5, 0.6) is 11.5 Å². The van der Waals surface area contributed by atoms with Crippen LogP contribution in [0.15, 0.2) is 66.3 Å². The van der Waals surface area contributed by atoms with E-state index >= 15 is 0 Å². The summed E-state index contributed by atoms with van der Waals surface area (Å²) in [5.74, 6) is 1.29. The van der Waals surface area contributed by atoms with E-state index in [1.807, 2.05) is 36.4 Å². The highest BCUT2D eigenvalue weighted by Crippen LogP contribution is 2.74. The number of hydrogen-bond acceptors (Lipinski definition) is 5. The van der Waals surface area contributed by atoms with Gasteiger partial charge in [-0.3, -0.25) is 9.69 Å². The number of carbonyl (C=O) groups excluding carboxylic acids is 1. The molecule has 4 aliphatic carbocycles. The van der Waals surface area contributed by atoms with Crippen LogP contribution in [0.1, 0.15) is 42.9 Å². The third kappa shape index (κ3) is 2.80. The lowest BCUT2D eigenvalue weighted by Crippen LogP contribution is -2.78. The number of allylic oxidation sites excluding steroid dienone is 1. The maximum atomic E-state index is 13.8. The molecular weight excluding hydrogens is 464 g/mol. The Balaban J connectivity index is 1.38. The third-order valence-corrected chi connectivity index (χ3v) is 9.97. The van der Waals surface area contributed by atoms with Gasteiger partial charge in [0.1, 0.15) is 11.7 Å². The SMILES string of the molecule is C/C=C/CN1CCC23c4c5ccc(OC)c4O[C@H]2[C@]2(O)CC[C@]3(C=C2C(=O)NCc2ccccc2)[C@H]1C5. The summed E-state index contributed by atoms with van der Waals surface area (Å²) in [5, 5.41) is 15.5. The number of fused-ring (bicyclic) bond motifs is 1. The molecule has 1 amide bonds. The molecule has 2 N–H and O–H groups in total. The van der Waals surface area contributed by atoms with Gasteiger partial charge in [0, 0.05) is 35.7 Å². The number of ether oxygens (including phenoxy) is 2. The zero-order valence-corrected chi connectivity index (χ0v) is 21.5. The highest BCUT2D eigenvalue weighted by molar-refractivity contribution is 5.97. The molecule has 2 spiro atoms. The minimum absolute atomic E-state index is 0.198. The number of rotatable bonds is 6. The first-order valence-electron chi connectivity index (χ1n) is 13.5. The van der Waals surface area contributed by atoms with Crippen LogP contribution in [0.25, 0.3) is 0 Å². The summed E-state index contributed by atoms with van der Waals surface area (Å²) in [5.41, 5.74) is 2.02. The second-order valence-corrected chi connectivity index (χ2v) is 11.3. The number of aliphatic hydroxyl groups is 1. The van der Waals surface area contributed by atoms with Crippen molar-refractivity contribution in [3.8, 4) is 11.5 Å². The van der Waals surface area contributed by atoms with Gasteiger partial charge in [-0.25, -0.2) is 0 Å². The van der Waals surface area contributed by atoms with Gasteiger partial charge in [0.05, 0.1) is 12.5 Å². The molecule has 1 saturated heterocycles. The van der Waals surface area contributed by atoms with Crippen molar-refractivity contribution in [1.82, 2.24) is 10.2 Å². The third-order valence-electron chi connectivity index (χ3n) is 9.97. The lowest BCUT2D eigenvalue weighted by molar-refractivity contribution is -0.185. The number of methoxy groups -OCH3 is 1. The van der Waals surface area contributed by atoms with Crippen molar-refractivity contribution in [3.05, 3.63) is 83.0 Å². The van der Waals surface area contributed by atoms with Crippen LogP contribution < -0.4 is 14.8 Å². The zero-order chi connectivity index (χ0) is 25.4. The minimum atomic E-state index is -1.35. The summed E-state index contributed by atoms with van der Waals surface area (Å²) in [4.78, 5) is 16.3. The van der Waals surface area contributed by atoms with E-state index in [-0.39, 0.29) is 22.8 Å². The van der Waals surface area contributed by atoms with Crippen LogP contribution in [0.2, 0.25) is 0 Å². The number of nitrogens with one attached hydrogen (secondary N) is 1. The van der Waals surface area contributed by atoms with Gasteiger partial charge in [-0.05, 0) is 56.3 Å². The molecular formula is C31H34N2O4. The summed E-state index contributed by atoms with van der Waals surface area (Å²) >= 11 is 0. The Morgan fingerprint density at radius 1 is 1.22 bits per heavy atom. The molecule has 1 unspecified atom stereocenters. The Morgan fingerprint density at radius 3 is 2.84 bits per heavy atom.